The molecule has 3 rings (SSSR count). The fraction of sp³-hybridized carbons (Fsp3) is 0.481. The van der Waals surface area contributed by atoms with Gasteiger partial charge in [0.05, 0.1) is 6.04 Å². The molecule has 0 aromatic heterocycles. The summed E-state index contributed by atoms with van der Waals surface area (Å²) in [5, 5.41) is 1.44. The summed E-state index contributed by atoms with van der Waals surface area (Å²) in [5.74, 6) is 1.27. The monoisotopic (exact) mass is 468 g/mol. The van der Waals surface area contributed by atoms with Crippen LogP contribution in [0.1, 0.15) is 67.6 Å². The van der Waals surface area contributed by atoms with Crippen LogP contribution in [0.2, 0.25) is 0 Å². The zero-order chi connectivity index (χ0) is 25.0. The van der Waals surface area contributed by atoms with Crippen molar-refractivity contribution >= 4 is 12.0 Å². The van der Waals surface area contributed by atoms with Gasteiger partial charge in [0.1, 0.15) is 19.0 Å². The molecular weight excluding hydrogens is 432 g/mol. The average molecular weight is 469 g/mol. The molecule has 1 atom stereocenters. The van der Waals surface area contributed by atoms with E-state index in [1.165, 1.54) is 5.01 Å². The van der Waals surface area contributed by atoms with E-state index in [2.05, 4.69) is 33.1 Å². The van der Waals surface area contributed by atoms with Crippen LogP contribution in [0.3, 0.4) is 0 Å². The number of carbonyl (C=O) groups excluding carboxylic acids is 2. The molecular formula is C27H36N2O5. The first-order valence-electron chi connectivity index (χ1n) is 11.8. The third-order valence-corrected chi connectivity index (χ3v) is 5.88. The van der Waals surface area contributed by atoms with Gasteiger partial charge in [-0.25, -0.2) is 15.2 Å². The minimum absolute atomic E-state index is 0.236. The van der Waals surface area contributed by atoms with Gasteiger partial charge in [-0.05, 0) is 56.9 Å². The Morgan fingerprint density at radius 3 is 2.32 bits per heavy atom. The van der Waals surface area contributed by atoms with Gasteiger partial charge in [-0.2, -0.15) is 0 Å². The van der Waals surface area contributed by atoms with Gasteiger partial charge in [0.2, 0.25) is 0 Å². The van der Waals surface area contributed by atoms with Crippen LogP contribution in [0.25, 0.3) is 0 Å². The summed E-state index contributed by atoms with van der Waals surface area (Å²) in [4.78, 5) is 26.7. The summed E-state index contributed by atoms with van der Waals surface area (Å²) in [6.07, 6.45) is 0.850. The number of fused-ring (bicyclic) bond motifs is 1. The smallest absolute Gasteiger partial charge is 0.431 e. The molecule has 2 aromatic carbocycles. The molecule has 0 saturated heterocycles. The summed E-state index contributed by atoms with van der Waals surface area (Å²) in [7, 11) is 0. The van der Waals surface area contributed by atoms with Crippen molar-refractivity contribution in [3.63, 3.8) is 0 Å². The highest BCUT2D eigenvalue weighted by Crippen LogP contribution is 2.38. The fourth-order valence-corrected chi connectivity index (χ4v) is 4.30. The van der Waals surface area contributed by atoms with Crippen molar-refractivity contribution in [2.24, 2.45) is 5.41 Å². The zero-order valence-electron chi connectivity index (χ0n) is 21.3. The first-order chi connectivity index (χ1) is 16.0. The molecule has 0 fully saturated rings. The Hall–Kier alpha value is -3.22. The molecule has 34 heavy (non-hydrogen) atoms. The summed E-state index contributed by atoms with van der Waals surface area (Å²) in [5.41, 5.74) is 5.65. The Kier molecular flexibility index (Phi) is 7.75. The number of amides is 2. The molecule has 1 heterocycles. The number of nitrogens with zero attached hydrogens (tertiary/aromatic N) is 1. The summed E-state index contributed by atoms with van der Waals surface area (Å²) < 4.78 is 16.9. The van der Waals surface area contributed by atoms with Gasteiger partial charge in [0.15, 0.2) is 11.5 Å². The Labute approximate surface area is 202 Å². The Morgan fingerprint density at radius 2 is 1.71 bits per heavy atom. The van der Waals surface area contributed by atoms with Crippen molar-refractivity contribution in [2.75, 3.05) is 13.2 Å². The van der Waals surface area contributed by atoms with Crippen LogP contribution < -0.4 is 19.6 Å². The third-order valence-electron chi connectivity index (χ3n) is 5.88. The van der Waals surface area contributed by atoms with Crippen molar-refractivity contribution in [2.45, 2.75) is 67.3 Å². The normalized spacial score (nSPS) is 13.7. The van der Waals surface area contributed by atoms with E-state index in [0.29, 0.717) is 41.6 Å². The number of nitrogens with one attached hydrogen (secondary N) is 1. The summed E-state index contributed by atoms with van der Waals surface area (Å²) >= 11 is 0. The van der Waals surface area contributed by atoms with Gasteiger partial charge < -0.3 is 14.2 Å². The van der Waals surface area contributed by atoms with Crippen LogP contribution in [0.5, 0.6) is 17.2 Å². The first kappa shape index (κ1) is 25.4. The molecule has 7 nitrogen and oxygen atoms in total. The lowest BCUT2D eigenvalue weighted by Gasteiger charge is -2.39. The number of hydrazine groups is 1. The van der Waals surface area contributed by atoms with E-state index in [-0.39, 0.29) is 17.4 Å². The van der Waals surface area contributed by atoms with E-state index in [1.54, 1.807) is 12.1 Å². The SMILES string of the molecule is CCCC(N(NC(=O)Oc1ccc2c(c1C)OCCO2)C(=O)c1cc(C)cc(C)c1)C(C)(C)C. The second-order valence-corrected chi connectivity index (χ2v) is 9.94. The second-order valence-electron chi connectivity index (χ2n) is 9.94. The van der Waals surface area contributed by atoms with Crippen molar-refractivity contribution < 1.29 is 23.8 Å². The van der Waals surface area contributed by atoms with Gasteiger partial charge in [-0.3, -0.25) is 4.79 Å². The first-order valence-corrected chi connectivity index (χ1v) is 11.8. The molecule has 184 valence electrons. The molecule has 7 heteroatoms. The molecule has 2 aromatic rings. The van der Waals surface area contributed by atoms with Crippen molar-refractivity contribution in [1.82, 2.24) is 10.4 Å². The standard InChI is InChI=1S/C27H36N2O5/c1-8-9-23(27(5,6)7)29(25(30)20-15-17(2)14-18(3)16-20)28-26(31)34-21-10-11-22-24(19(21)4)33-13-12-32-22/h10-11,14-16,23H,8-9,12-13H2,1-7H3,(H,28,31). The highest BCUT2D eigenvalue weighted by atomic mass is 16.6. The maximum atomic E-state index is 13.7. The largest absolute Gasteiger partial charge is 0.486 e. The Bertz CT molecular complexity index is 1040. The average Bonchev–Trinajstić information content (AvgIpc) is 2.76. The predicted octanol–water partition coefficient (Wildman–Crippen LogP) is 5.74. The van der Waals surface area contributed by atoms with Crippen molar-refractivity contribution in [3.05, 3.63) is 52.6 Å². The lowest BCUT2D eigenvalue weighted by molar-refractivity contribution is 0.0309. The molecule has 1 unspecified atom stereocenters. The van der Waals surface area contributed by atoms with Crippen LogP contribution in [0.4, 0.5) is 4.79 Å². The van der Waals surface area contributed by atoms with Crippen LogP contribution >= 0.6 is 0 Å². The van der Waals surface area contributed by atoms with E-state index in [9.17, 15) is 9.59 Å². The highest BCUT2D eigenvalue weighted by Gasteiger charge is 2.35. The molecule has 0 radical (unpaired) electrons. The number of benzene rings is 2. The van der Waals surface area contributed by atoms with Gasteiger partial charge in [-0.1, -0.05) is 51.3 Å². The molecule has 1 aliphatic heterocycles. The fourth-order valence-electron chi connectivity index (χ4n) is 4.30. The lowest BCUT2D eigenvalue weighted by Crippen LogP contribution is -2.56. The van der Waals surface area contributed by atoms with Crippen LogP contribution in [0, 0.1) is 26.2 Å². The molecule has 0 aliphatic carbocycles. The van der Waals surface area contributed by atoms with Crippen LogP contribution in [-0.2, 0) is 0 Å². The van der Waals surface area contributed by atoms with E-state index in [1.807, 2.05) is 39.0 Å². The van der Waals surface area contributed by atoms with Gasteiger partial charge >= 0.3 is 6.09 Å². The van der Waals surface area contributed by atoms with E-state index >= 15 is 0 Å². The number of ether oxygens (including phenoxy) is 3. The van der Waals surface area contributed by atoms with Crippen LogP contribution in [0.15, 0.2) is 30.3 Å². The Balaban J connectivity index is 1.90. The molecule has 1 aliphatic rings. The third kappa shape index (κ3) is 5.82. The molecule has 0 bridgehead atoms. The molecule has 2 amide bonds. The Morgan fingerprint density at radius 1 is 1.06 bits per heavy atom. The minimum Gasteiger partial charge on any atom is -0.486 e. The quantitative estimate of drug-likeness (QED) is 0.566. The highest BCUT2D eigenvalue weighted by molar-refractivity contribution is 5.95. The second kappa shape index (κ2) is 10.4. The molecule has 1 N–H and O–H groups in total. The number of aryl methyl sites for hydroxylation is 2. The van der Waals surface area contributed by atoms with E-state index < -0.39 is 6.09 Å². The number of hydrogen-bond acceptors (Lipinski definition) is 5. The van der Waals surface area contributed by atoms with E-state index in [4.69, 9.17) is 14.2 Å². The maximum absolute atomic E-state index is 13.7. The lowest BCUT2D eigenvalue weighted by atomic mass is 9.83. The number of hydrogen-bond donors (Lipinski definition) is 1. The number of carbonyl (C=O) groups is 2. The predicted molar refractivity (Wildman–Crippen MR) is 132 cm³/mol. The van der Waals surface area contributed by atoms with Gasteiger partial charge in [-0.15, -0.1) is 0 Å². The zero-order valence-corrected chi connectivity index (χ0v) is 21.3. The van der Waals surface area contributed by atoms with E-state index in [0.717, 1.165) is 24.0 Å². The molecule has 0 spiro atoms. The summed E-state index contributed by atoms with van der Waals surface area (Å²) in [6.45, 7) is 14.9. The summed E-state index contributed by atoms with van der Waals surface area (Å²) in [6, 6.07) is 8.85. The number of rotatable bonds is 5. The maximum Gasteiger partial charge on any atom is 0.431 e. The van der Waals surface area contributed by atoms with Crippen LogP contribution in [-0.4, -0.2) is 36.3 Å². The minimum atomic E-state index is -0.733. The van der Waals surface area contributed by atoms with Crippen molar-refractivity contribution in [1.29, 1.82) is 0 Å². The topological polar surface area (TPSA) is 77.1 Å². The van der Waals surface area contributed by atoms with Gasteiger partial charge in [0, 0.05) is 11.1 Å². The van der Waals surface area contributed by atoms with Gasteiger partial charge in [0.25, 0.3) is 5.91 Å². The molecule has 0 saturated carbocycles. The van der Waals surface area contributed by atoms with Crippen molar-refractivity contribution in [3.8, 4) is 17.2 Å².